The summed E-state index contributed by atoms with van der Waals surface area (Å²) in [6.45, 7) is 2.34. The number of aryl methyl sites for hydroxylation is 1. The summed E-state index contributed by atoms with van der Waals surface area (Å²) in [7, 11) is 3.13. The Morgan fingerprint density at radius 3 is 2.68 bits per heavy atom. The number of allylic oxidation sites excluding steroid dienone is 1. The summed E-state index contributed by atoms with van der Waals surface area (Å²) in [6.07, 6.45) is 7.74. The van der Waals surface area contributed by atoms with Crippen LogP contribution in [-0.4, -0.2) is 37.4 Å². The second-order valence-corrected chi connectivity index (χ2v) is 7.69. The van der Waals surface area contributed by atoms with Gasteiger partial charge >= 0.3 is 0 Å². The summed E-state index contributed by atoms with van der Waals surface area (Å²) in [5, 5.41) is 2.85. The molecule has 7 nitrogen and oxygen atoms in total. The van der Waals surface area contributed by atoms with Gasteiger partial charge in [0.05, 0.1) is 32.8 Å². The third-order valence-corrected chi connectivity index (χ3v) is 5.40. The zero-order valence-electron chi connectivity index (χ0n) is 18.5. The van der Waals surface area contributed by atoms with Crippen molar-refractivity contribution >= 4 is 11.7 Å². The van der Waals surface area contributed by atoms with Crippen molar-refractivity contribution in [3.8, 4) is 23.0 Å². The highest BCUT2D eigenvalue weighted by Crippen LogP contribution is 2.32. The van der Waals surface area contributed by atoms with Gasteiger partial charge in [-0.15, -0.1) is 0 Å². The lowest BCUT2D eigenvalue weighted by Crippen LogP contribution is -2.27. The second-order valence-electron chi connectivity index (χ2n) is 7.69. The van der Waals surface area contributed by atoms with Crippen molar-refractivity contribution in [1.29, 1.82) is 0 Å². The van der Waals surface area contributed by atoms with E-state index >= 15 is 0 Å². The first kappa shape index (κ1) is 22.6. The molecular formula is C24H30N2O5. The number of Topliss-reactive ketones (excluding diaryl/α,β-unsaturated/α-hetero) is 1. The molecule has 3 rings (SSSR count). The van der Waals surface area contributed by atoms with E-state index in [4.69, 9.17) is 13.9 Å². The standard InChI is InChI=1S/C24H30N2O5/c1-16-20(26-24(31-16)18-9-10-21(29-2)22(13-18)30-3)14-19(27)15-23(28)25-12-11-17-7-5-4-6-8-17/h7,9-10,13H,4-6,8,11-12,14-15H2,1-3H3,(H,25,28). The van der Waals surface area contributed by atoms with Crippen LogP contribution >= 0.6 is 0 Å². The summed E-state index contributed by atoms with van der Waals surface area (Å²) in [5.41, 5.74) is 2.66. The predicted molar refractivity (Wildman–Crippen MR) is 117 cm³/mol. The monoisotopic (exact) mass is 426 g/mol. The Balaban J connectivity index is 1.54. The van der Waals surface area contributed by atoms with Gasteiger partial charge in [-0.2, -0.15) is 0 Å². The molecule has 166 valence electrons. The molecule has 0 bridgehead atoms. The molecule has 0 saturated carbocycles. The molecule has 0 atom stereocenters. The number of amides is 1. The smallest absolute Gasteiger partial charge is 0.227 e. The fraction of sp³-hybridized carbons (Fsp3) is 0.458. The van der Waals surface area contributed by atoms with Crippen LogP contribution in [0.4, 0.5) is 0 Å². The predicted octanol–water partition coefficient (Wildman–Crippen LogP) is 4.18. The van der Waals surface area contributed by atoms with Gasteiger partial charge in [0.25, 0.3) is 0 Å². The van der Waals surface area contributed by atoms with Crippen LogP contribution in [0.15, 0.2) is 34.3 Å². The van der Waals surface area contributed by atoms with E-state index < -0.39 is 0 Å². The number of carbonyl (C=O) groups is 2. The number of ketones is 1. The van der Waals surface area contributed by atoms with Crippen LogP contribution in [-0.2, 0) is 16.0 Å². The molecule has 1 aliphatic rings. The minimum Gasteiger partial charge on any atom is -0.493 e. The molecule has 1 aliphatic carbocycles. The maximum atomic E-state index is 12.4. The van der Waals surface area contributed by atoms with Crippen molar-refractivity contribution in [2.24, 2.45) is 0 Å². The van der Waals surface area contributed by atoms with E-state index in [2.05, 4.69) is 16.4 Å². The average Bonchev–Trinajstić information content (AvgIpc) is 3.13. The van der Waals surface area contributed by atoms with Gasteiger partial charge in [-0.3, -0.25) is 9.59 Å². The normalized spacial score (nSPS) is 13.5. The van der Waals surface area contributed by atoms with E-state index in [9.17, 15) is 9.59 Å². The van der Waals surface area contributed by atoms with Crippen molar-refractivity contribution in [3.63, 3.8) is 0 Å². The molecule has 0 fully saturated rings. The number of methoxy groups -OCH3 is 2. The molecule has 0 saturated heterocycles. The summed E-state index contributed by atoms with van der Waals surface area (Å²) in [5.74, 6) is 1.69. The number of benzene rings is 1. The Labute approximate surface area is 182 Å². The molecule has 1 heterocycles. The van der Waals surface area contributed by atoms with E-state index in [0.717, 1.165) is 19.3 Å². The Morgan fingerprint density at radius 1 is 1.16 bits per heavy atom. The molecule has 2 aromatic rings. The fourth-order valence-electron chi connectivity index (χ4n) is 3.67. The van der Waals surface area contributed by atoms with E-state index in [1.54, 1.807) is 33.3 Å². The van der Waals surface area contributed by atoms with Crippen molar-refractivity contribution in [3.05, 3.63) is 41.3 Å². The summed E-state index contributed by atoms with van der Waals surface area (Å²) in [4.78, 5) is 28.9. The Kier molecular flexibility index (Phi) is 7.87. The van der Waals surface area contributed by atoms with E-state index in [0.29, 0.717) is 41.0 Å². The quantitative estimate of drug-likeness (QED) is 0.453. The average molecular weight is 427 g/mol. The Hall–Kier alpha value is -3.09. The maximum Gasteiger partial charge on any atom is 0.227 e. The van der Waals surface area contributed by atoms with Crippen LogP contribution in [0.3, 0.4) is 0 Å². The lowest BCUT2D eigenvalue weighted by Gasteiger charge is -2.12. The van der Waals surface area contributed by atoms with Gasteiger partial charge in [-0.25, -0.2) is 4.98 Å². The number of aromatic nitrogens is 1. The number of carbonyl (C=O) groups excluding carboxylic acids is 2. The second kappa shape index (κ2) is 10.8. The zero-order valence-corrected chi connectivity index (χ0v) is 18.5. The van der Waals surface area contributed by atoms with Crippen LogP contribution in [0.25, 0.3) is 11.5 Å². The third-order valence-electron chi connectivity index (χ3n) is 5.40. The topological polar surface area (TPSA) is 90.7 Å². The summed E-state index contributed by atoms with van der Waals surface area (Å²) >= 11 is 0. The first-order chi connectivity index (χ1) is 15.0. The van der Waals surface area contributed by atoms with E-state index in [1.165, 1.54) is 18.4 Å². The van der Waals surface area contributed by atoms with Gasteiger partial charge in [0, 0.05) is 12.1 Å². The van der Waals surface area contributed by atoms with Crippen LogP contribution in [0.2, 0.25) is 0 Å². The molecule has 0 radical (unpaired) electrons. The van der Waals surface area contributed by atoms with Crippen molar-refractivity contribution in [2.45, 2.75) is 51.9 Å². The van der Waals surface area contributed by atoms with Gasteiger partial charge < -0.3 is 19.2 Å². The number of hydrogen-bond acceptors (Lipinski definition) is 6. The number of rotatable bonds is 10. The number of hydrogen-bond donors (Lipinski definition) is 1. The highest BCUT2D eigenvalue weighted by Gasteiger charge is 2.18. The largest absolute Gasteiger partial charge is 0.493 e. The summed E-state index contributed by atoms with van der Waals surface area (Å²) in [6, 6.07) is 5.35. The lowest BCUT2D eigenvalue weighted by atomic mass is 9.97. The molecule has 1 aromatic carbocycles. The molecule has 0 spiro atoms. The van der Waals surface area contributed by atoms with Gasteiger partial charge in [0.1, 0.15) is 11.5 Å². The molecule has 1 aromatic heterocycles. The van der Waals surface area contributed by atoms with E-state index in [-0.39, 0.29) is 24.5 Å². The Bertz CT molecular complexity index is 961. The van der Waals surface area contributed by atoms with Gasteiger partial charge in [0.15, 0.2) is 11.5 Å². The minimum absolute atomic E-state index is 0.0567. The molecule has 7 heteroatoms. The van der Waals surface area contributed by atoms with Crippen LogP contribution < -0.4 is 14.8 Å². The zero-order chi connectivity index (χ0) is 22.2. The maximum absolute atomic E-state index is 12.4. The molecule has 0 aliphatic heterocycles. The van der Waals surface area contributed by atoms with E-state index in [1.807, 2.05) is 6.07 Å². The van der Waals surface area contributed by atoms with Crippen molar-refractivity contribution < 1.29 is 23.5 Å². The summed E-state index contributed by atoms with van der Waals surface area (Å²) < 4.78 is 16.3. The lowest BCUT2D eigenvalue weighted by molar-refractivity contribution is -0.127. The molecule has 31 heavy (non-hydrogen) atoms. The van der Waals surface area contributed by atoms with Crippen LogP contribution in [0.5, 0.6) is 11.5 Å². The number of nitrogens with one attached hydrogen (secondary N) is 1. The van der Waals surface area contributed by atoms with Gasteiger partial charge in [0.2, 0.25) is 11.8 Å². The minimum atomic E-state index is -0.248. The van der Waals surface area contributed by atoms with Crippen LogP contribution in [0.1, 0.15) is 50.0 Å². The molecule has 1 N–H and O–H groups in total. The molecule has 0 unspecified atom stereocenters. The van der Waals surface area contributed by atoms with Gasteiger partial charge in [-0.05, 0) is 57.2 Å². The van der Waals surface area contributed by atoms with Crippen molar-refractivity contribution in [2.75, 3.05) is 20.8 Å². The molecular weight excluding hydrogens is 396 g/mol. The first-order valence-corrected chi connectivity index (χ1v) is 10.6. The van der Waals surface area contributed by atoms with Crippen LogP contribution in [0, 0.1) is 6.92 Å². The first-order valence-electron chi connectivity index (χ1n) is 10.6. The van der Waals surface area contributed by atoms with Gasteiger partial charge in [-0.1, -0.05) is 11.6 Å². The number of ether oxygens (including phenoxy) is 2. The highest BCUT2D eigenvalue weighted by molar-refractivity contribution is 5.98. The highest BCUT2D eigenvalue weighted by atomic mass is 16.5. The number of nitrogens with zero attached hydrogens (tertiary/aromatic N) is 1. The number of oxazole rings is 1. The molecule has 1 amide bonds. The Morgan fingerprint density at radius 2 is 1.97 bits per heavy atom. The third kappa shape index (κ3) is 6.20. The SMILES string of the molecule is COc1ccc(-c2nc(CC(=O)CC(=O)NCCC3=CCCCC3)c(C)o2)cc1OC. The fourth-order valence-corrected chi connectivity index (χ4v) is 3.67. The van der Waals surface area contributed by atoms with Crippen molar-refractivity contribution in [1.82, 2.24) is 10.3 Å².